The third kappa shape index (κ3) is 1.19. The number of aromatic nitrogens is 2. The van der Waals surface area contributed by atoms with Gasteiger partial charge in [0.2, 0.25) is 0 Å². The summed E-state index contributed by atoms with van der Waals surface area (Å²) >= 11 is 0. The molecule has 1 aromatic carbocycles. The van der Waals surface area contributed by atoms with Crippen LogP contribution < -0.4 is 0 Å². The van der Waals surface area contributed by atoms with Crippen molar-refractivity contribution in [2.45, 2.75) is 6.35 Å². The van der Waals surface area contributed by atoms with E-state index in [0.29, 0.717) is 5.52 Å². The molecule has 66 valence electrons. The Morgan fingerprint density at radius 2 is 2.23 bits per heavy atom. The second-order valence-corrected chi connectivity index (χ2v) is 2.59. The van der Waals surface area contributed by atoms with Crippen LogP contribution in [0.4, 0.5) is 0 Å². The molecule has 1 unspecified atom stereocenters. The number of nitrogens with zero attached hydrogens (tertiary/aromatic N) is 3. The molecule has 1 N–H and O–H groups in total. The standard InChI is InChI=1S/C8H7N3O2/c12-8(10-13)11-5-9-6-3-1-2-4-7(6)11/h1-5,8,12H. The van der Waals surface area contributed by atoms with Crippen molar-refractivity contribution in [3.8, 4) is 0 Å². The fraction of sp³-hybridized carbons (Fsp3) is 0.125. The van der Waals surface area contributed by atoms with Crippen LogP contribution in [0.1, 0.15) is 6.35 Å². The summed E-state index contributed by atoms with van der Waals surface area (Å²) in [4.78, 5) is 14.1. The number of para-hydroxylation sites is 2. The third-order valence-corrected chi connectivity index (χ3v) is 1.82. The Balaban J connectivity index is 2.64. The molecule has 5 nitrogen and oxygen atoms in total. The first-order chi connectivity index (χ1) is 6.33. The number of rotatable bonds is 2. The predicted octanol–water partition coefficient (Wildman–Crippen LogP) is 1.25. The molecule has 0 saturated carbocycles. The Kier molecular flexibility index (Phi) is 1.79. The molecule has 13 heavy (non-hydrogen) atoms. The molecule has 0 radical (unpaired) electrons. The van der Waals surface area contributed by atoms with Crippen molar-refractivity contribution >= 4 is 11.0 Å². The molecule has 1 heterocycles. The second kappa shape index (κ2) is 2.95. The highest BCUT2D eigenvalue weighted by molar-refractivity contribution is 5.74. The average Bonchev–Trinajstić information content (AvgIpc) is 2.60. The Morgan fingerprint density at radius 1 is 1.46 bits per heavy atom. The van der Waals surface area contributed by atoms with Crippen LogP contribution in [0.5, 0.6) is 0 Å². The monoisotopic (exact) mass is 177 g/mol. The fourth-order valence-corrected chi connectivity index (χ4v) is 1.21. The zero-order valence-corrected chi connectivity index (χ0v) is 6.66. The number of fused-ring (bicyclic) bond motifs is 1. The number of aliphatic hydroxyl groups excluding tert-OH is 1. The molecule has 0 aliphatic carbocycles. The Morgan fingerprint density at radius 3 is 3.00 bits per heavy atom. The van der Waals surface area contributed by atoms with E-state index < -0.39 is 6.35 Å². The van der Waals surface area contributed by atoms with Gasteiger partial charge in [0.1, 0.15) is 0 Å². The quantitative estimate of drug-likeness (QED) is 0.702. The van der Waals surface area contributed by atoms with Gasteiger partial charge in [0.25, 0.3) is 6.35 Å². The molecule has 1 atom stereocenters. The van der Waals surface area contributed by atoms with Crippen molar-refractivity contribution in [1.29, 1.82) is 0 Å². The van der Waals surface area contributed by atoms with Gasteiger partial charge in [-0.2, -0.15) is 0 Å². The lowest BCUT2D eigenvalue weighted by atomic mass is 10.3. The summed E-state index contributed by atoms with van der Waals surface area (Å²) in [7, 11) is 0. The fourth-order valence-electron chi connectivity index (χ4n) is 1.21. The topological polar surface area (TPSA) is 67.5 Å². The summed E-state index contributed by atoms with van der Waals surface area (Å²) in [5, 5.41) is 11.7. The maximum atomic E-state index is 10.1. The minimum atomic E-state index is -1.40. The molecule has 0 spiro atoms. The molecule has 2 rings (SSSR count). The van der Waals surface area contributed by atoms with E-state index in [4.69, 9.17) is 5.11 Å². The molecule has 0 amide bonds. The maximum absolute atomic E-state index is 10.1. The zero-order chi connectivity index (χ0) is 9.26. The molecule has 0 aliphatic rings. The van der Waals surface area contributed by atoms with Gasteiger partial charge in [-0.05, 0) is 17.3 Å². The van der Waals surface area contributed by atoms with Gasteiger partial charge in [0.05, 0.1) is 17.4 Å². The minimum absolute atomic E-state index is 0.689. The van der Waals surface area contributed by atoms with E-state index in [0.717, 1.165) is 5.52 Å². The van der Waals surface area contributed by atoms with Gasteiger partial charge >= 0.3 is 0 Å². The van der Waals surface area contributed by atoms with E-state index in [1.807, 2.05) is 6.07 Å². The molecular weight excluding hydrogens is 170 g/mol. The number of imidazole rings is 1. The zero-order valence-electron chi connectivity index (χ0n) is 6.66. The first-order valence-electron chi connectivity index (χ1n) is 3.75. The third-order valence-electron chi connectivity index (χ3n) is 1.82. The summed E-state index contributed by atoms with van der Waals surface area (Å²) < 4.78 is 1.31. The molecule has 0 aliphatic heterocycles. The molecule has 1 aromatic heterocycles. The van der Waals surface area contributed by atoms with E-state index in [1.165, 1.54) is 10.9 Å². The van der Waals surface area contributed by atoms with Crippen LogP contribution in [-0.2, 0) is 0 Å². The summed E-state index contributed by atoms with van der Waals surface area (Å²) in [6.45, 7) is 0. The van der Waals surface area contributed by atoms with Crippen molar-refractivity contribution in [3.05, 3.63) is 35.5 Å². The SMILES string of the molecule is O=NC(O)n1cnc2ccccc21. The van der Waals surface area contributed by atoms with E-state index >= 15 is 0 Å². The highest BCUT2D eigenvalue weighted by atomic mass is 16.4. The molecule has 0 saturated heterocycles. The molecule has 2 aromatic rings. The highest BCUT2D eigenvalue weighted by Gasteiger charge is 2.08. The minimum Gasteiger partial charge on any atom is -0.352 e. The van der Waals surface area contributed by atoms with E-state index in [-0.39, 0.29) is 0 Å². The smallest absolute Gasteiger partial charge is 0.270 e. The second-order valence-electron chi connectivity index (χ2n) is 2.59. The van der Waals surface area contributed by atoms with Crippen LogP contribution >= 0.6 is 0 Å². The van der Waals surface area contributed by atoms with Gasteiger partial charge in [-0.25, -0.2) is 4.98 Å². The number of nitroso groups, excluding NO2 is 1. The van der Waals surface area contributed by atoms with Crippen molar-refractivity contribution in [2.75, 3.05) is 0 Å². The lowest BCUT2D eigenvalue weighted by Gasteiger charge is -2.02. The van der Waals surface area contributed by atoms with Crippen LogP contribution in [0.15, 0.2) is 35.8 Å². The van der Waals surface area contributed by atoms with Gasteiger partial charge in [-0.1, -0.05) is 12.1 Å². The Labute approximate surface area is 73.6 Å². The molecular formula is C8H7N3O2. The van der Waals surface area contributed by atoms with Crippen molar-refractivity contribution < 1.29 is 5.11 Å². The Bertz CT molecular complexity index is 438. The lowest BCUT2D eigenvalue weighted by molar-refractivity contribution is 0.116. The number of hydrogen-bond donors (Lipinski definition) is 1. The normalized spacial score (nSPS) is 13.0. The van der Waals surface area contributed by atoms with E-state index in [1.54, 1.807) is 18.2 Å². The van der Waals surface area contributed by atoms with Gasteiger partial charge in [0, 0.05) is 0 Å². The van der Waals surface area contributed by atoms with Crippen LogP contribution in [0.3, 0.4) is 0 Å². The number of aliphatic hydroxyl groups is 1. The first-order valence-corrected chi connectivity index (χ1v) is 3.75. The van der Waals surface area contributed by atoms with Crippen LogP contribution in [-0.4, -0.2) is 14.7 Å². The predicted molar refractivity (Wildman–Crippen MR) is 46.8 cm³/mol. The maximum Gasteiger partial charge on any atom is 0.270 e. The summed E-state index contributed by atoms with van der Waals surface area (Å²) in [6.07, 6.45) is -0.0103. The van der Waals surface area contributed by atoms with Crippen molar-refractivity contribution in [2.24, 2.45) is 5.18 Å². The van der Waals surface area contributed by atoms with Gasteiger partial charge in [-0.3, -0.25) is 4.57 Å². The summed E-state index contributed by atoms with van der Waals surface area (Å²) in [5.74, 6) is 0. The number of hydrogen-bond acceptors (Lipinski definition) is 4. The van der Waals surface area contributed by atoms with Crippen LogP contribution in [0, 0.1) is 4.91 Å². The first kappa shape index (κ1) is 7.88. The lowest BCUT2D eigenvalue weighted by Crippen LogP contribution is -2.02. The molecule has 0 fully saturated rings. The highest BCUT2D eigenvalue weighted by Crippen LogP contribution is 2.15. The summed E-state index contributed by atoms with van der Waals surface area (Å²) in [5.41, 5.74) is 1.42. The van der Waals surface area contributed by atoms with Crippen molar-refractivity contribution in [1.82, 2.24) is 9.55 Å². The van der Waals surface area contributed by atoms with Crippen LogP contribution in [0.25, 0.3) is 11.0 Å². The van der Waals surface area contributed by atoms with E-state index in [2.05, 4.69) is 10.2 Å². The van der Waals surface area contributed by atoms with Crippen LogP contribution in [0.2, 0.25) is 0 Å². The van der Waals surface area contributed by atoms with Gasteiger partial charge in [0.15, 0.2) is 0 Å². The summed E-state index contributed by atoms with van der Waals surface area (Å²) in [6, 6.07) is 7.19. The molecule has 5 heteroatoms. The Hall–Kier alpha value is -1.75. The largest absolute Gasteiger partial charge is 0.352 e. The van der Waals surface area contributed by atoms with Gasteiger partial charge in [-0.15, -0.1) is 4.91 Å². The average molecular weight is 177 g/mol. The number of benzene rings is 1. The van der Waals surface area contributed by atoms with Crippen molar-refractivity contribution in [3.63, 3.8) is 0 Å². The van der Waals surface area contributed by atoms with Gasteiger partial charge < -0.3 is 5.11 Å². The van der Waals surface area contributed by atoms with E-state index in [9.17, 15) is 4.91 Å². The molecule has 0 bridgehead atoms.